The minimum atomic E-state index is 0.450. The quantitative estimate of drug-likeness (QED) is 0.720. The molecule has 0 saturated heterocycles. The standard InChI is InChI=1S/C11H12N2O/c1-8-3-4-9(7-11(8)14-2)10(13)5-6-12/h3-5,7H,13H2,1-2H3/b10-5-. The lowest BCUT2D eigenvalue weighted by molar-refractivity contribution is 0.411. The molecule has 0 amide bonds. The molecule has 1 aromatic rings. The van der Waals surface area contributed by atoms with Crippen molar-refractivity contribution in [2.24, 2.45) is 5.73 Å². The SMILES string of the molecule is COc1cc(/C(N)=C/C#N)ccc1C. The van der Waals surface area contributed by atoms with E-state index in [2.05, 4.69) is 0 Å². The second kappa shape index (κ2) is 4.33. The molecule has 3 nitrogen and oxygen atoms in total. The lowest BCUT2D eigenvalue weighted by Crippen LogP contribution is -1.97. The van der Waals surface area contributed by atoms with E-state index < -0.39 is 0 Å². The summed E-state index contributed by atoms with van der Waals surface area (Å²) in [5.41, 5.74) is 7.95. The van der Waals surface area contributed by atoms with Gasteiger partial charge in [-0.2, -0.15) is 5.26 Å². The van der Waals surface area contributed by atoms with E-state index in [1.807, 2.05) is 31.2 Å². The summed E-state index contributed by atoms with van der Waals surface area (Å²) in [4.78, 5) is 0. The van der Waals surface area contributed by atoms with Gasteiger partial charge >= 0.3 is 0 Å². The molecule has 0 radical (unpaired) electrons. The van der Waals surface area contributed by atoms with Gasteiger partial charge in [0.2, 0.25) is 0 Å². The first-order chi connectivity index (χ1) is 6.69. The first-order valence-corrected chi connectivity index (χ1v) is 4.19. The Hall–Kier alpha value is -1.95. The lowest BCUT2D eigenvalue weighted by Gasteiger charge is -2.06. The summed E-state index contributed by atoms with van der Waals surface area (Å²) in [6.07, 6.45) is 1.31. The van der Waals surface area contributed by atoms with Crippen LogP contribution >= 0.6 is 0 Å². The highest BCUT2D eigenvalue weighted by Crippen LogP contribution is 2.21. The van der Waals surface area contributed by atoms with E-state index in [0.29, 0.717) is 5.70 Å². The predicted octanol–water partition coefficient (Wildman–Crippen LogP) is 1.83. The molecule has 0 aliphatic carbocycles. The van der Waals surface area contributed by atoms with Crippen LogP contribution in [0.4, 0.5) is 0 Å². The third-order valence-electron chi connectivity index (χ3n) is 1.96. The average Bonchev–Trinajstić information content (AvgIpc) is 2.19. The number of nitrogens with zero attached hydrogens (tertiary/aromatic N) is 1. The maximum Gasteiger partial charge on any atom is 0.122 e. The van der Waals surface area contributed by atoms with Gasteiger partial charge < -0.3 is 10.5 Å². The number of nitrogens with two attached hydrogens (primary N) is 1. The Labute approximate surface area is 83.4 Å². The van der Waals surface area contributed by atoms with Crippen LogP contribution in [-0.4, -0.2) is 7.11 Å². The van der Waals surface area contributed by atoms with Crippen LogP contribution in [0.3, 0.4) is 0 Å². The highest BCUT2D eigenvalue weighted by molar-refractivity contribution is 5.66. The van der Waals surface area contributed by atoms with Crippen molar-refractivity contribution >= 4 is 5.70 Å². The van der Waals surface area contributed by atoms with E-state index >= 15 is 0 Å². The average molecular weight is 188 g/mol. The van der Waals surface area contributed by atoms with Gasteiger partial charge in [0.25, 0.3) is 0 Å². The summed E-state index contributed by atoms with van der Waals surface area (Å²) < 4.78 is 5.15. The van der Waals surface area contributed by atoms with Crippen molar-refractivity contribution in [3.05, 3.63) is 35.4 Å². The van der Waals surface area contributed by atoms with E-state index in [0.717, 1.165) is 16.9 Å². The van der Waals surface area contributed by atoms with Crippen molar-refractivity contribution in [3.63, 3.8) is 0 Å². The molecule has 0 fully saturated rings. The molecule has 0 heterocycles. The Morgan fingerprint density at radius 3 is 2.86 bits per heavy atom. The molecule has 3 heteroatoms. The van der Waals surface area contributed by atoms with Crippen LogP contribution in [0.15, 0.2) is 24.3 Å². The molecule has 0 unspecified atom stereocenters. The summed E-state index contributed by atoms with van der Waals surface area (Å²) in [5.74, 6) is 0.775. The maximum absolute atomic E-state index is 8.44. The van der Waals surface area contributed by atoms with E-state index in [1.165, 1.54) is 6.08 Å². The number of allylic oxidation sites excluding steroid dienone is 1. The van der Waals surface area contributed by atoms with Crippen LogP contribution in [0.5, 0.6) is 5.75 Å². The normalized spacial score (nSPS) is 10.8. The number of nitriles is 1. The first-order valence-electron chi connectivity index (χ1n) is 4.19. The van der Waals surface area contributed by atoms with Gasteiger partial charge in [-0.15, -0.1) is 0 Å². The van der Waals surface area contributed by atoms with Gasteiger partial charge in [0.15, 0.2) is 0 Å². The number of ether oxygens (including phenoxy) is 1. The smallest absolute Gasteiger partial charge is 0.122 e. The van der Waals surface area contributed by atoms with E-state index in [4.69, 9.17) is 15.7 Å². The number of aryl methyl sites for hydroxylation is 1. The minimum Gasteiger partial charge on any atom is -0.496 e. The molecule has 0 aliphatic rings. The topological polar surface area (TPSA) is 59.0 Å². The largest absolute Gasteiger partial charge is 0.496 e. The fourth-order valence-electron chi connectivity index (χ4n) is 1.15. The monoisotopic (exact) mass is 188 g/mol. The van der Waals surface area contributed by atoms with Gasteiger partial charge in [-0.05, 0) is 18.6 Å². The minimum absolute atomic E-state index is 0.450. The molecular formula is C11H12N2O. The molecular weight excluding hydrogens is 176 g/mol. The van der Waals surface area contributed by atoms with Crippen molar-refractivity contribution in [2.45, 2.75) is 6.92 Å². The molecule has 14 heavy (non-hydrogen) atoms. The lowest BCUT2D eigenvalue weighted by atomic mass is 10.1. The predicted molar refractivity (Wildman–Crippen MR) is 55.5 cm³/mol. The number of rotatable bonds is 2. The van der Waals surface area contributed by atoms with Gasteiger partial charge in [0, 0.05) is 17.3 Å². The van der Waals surface area contributed by atoms with Gasteiger partial charge in [0.05, 0.1) is 13.2 Å². The first kappa shape index (κ1) is 10.1. The van der Waals surface area contributed by atoms with Gasteiger partial charge in [-0.1, -0.05) is 12.1 Å². The number of methoxy groups -OCH3 is 1. The number of hydrogen-bond donors (Lipinski definition) is 1. The summed E-state index contributed by atoms with van der Waals surface area (Å²) in [6, 6.07) is 7.48. The van der Waals surface area contributed by atoms with Crippen molar-refractivity contribution in [2.75, 3.05) is 7.11 Å². The Balaban J connectivity index is 3.14. The molecule has 0 spiro atoms. The van der Waals surface area contributed by atoms with Crippen molar-refractivity contribution in [3.8, 4) is 11.8 Å². The van der Waals surface area contributed by atoms with Crippen molar-refractivity contribution in [1.82, 2.24) is 0 Å². The maximum atomic E-state index is 8.44. The van der Waals surface area contributed by atoms with Crippen LogP contribution in [0, 0.1) is 18.3 Å². The molecule has 0 aromatic heterocycles. The van der Waals surface area contributed by atoms with Crippen LogP contribution < -0.4 is 10.5 Å². The van der Waals surface area contributed by atoms with Crippen LogP contribution in [0.25, 0.3) is 5.70 Å². The van der Waals surface area contributed by atoms with Gasteiger partial charge in [-0.25, -0.2) is 0 Å². The highest BCUT2D eigenvalue weighted by Gasteiger charge is 2.01. The van der Waals surface area contributed by atoms with Crippen molar-refractivity contribution < 1.29 is 4.74 Å². The Morgan fingerprint density at radius 1 is 1.57 bits per heavy atom. The summed E-state index contributed by atoms with van der Waals surface area (Å²) in [6.45, 7) is 1.95. The summed E-state index contributed by atoms with van der Waals surface area (Å²) in [5, 5.41) is 8.44. The van der Waals surface area contributed by atoms with Crippen molar-refractivity contribution in [1.29, 1.82) is 5.26 Å². The molecule has 0 atom stereocenters. The van der Waals surface area contributed by atoms with E-state index in [9.17, 15) is 0 Å². The zero-order valence-corrected chi connectivity index (χ0v) is 8.24. The third kappa shape index (κ3) is 2.05. The summed E-state index contributed by atoms with van der Waals surface area (Å²) in [7, 11) is 1.61. The fourth-order valence-corrected chi connectivity index (χ4v) is 1.15. The second-order valence-electron chi connectivity index (χ2n) is 2.91. The van der Waals surface area contributed by atoms with Crippen LogP contribution in [0.1, 0.15) is 11.1 Å². The zero-order chi connectivity index (χ0) is 10.6. The molecule has 72 valence electrons. The van der Waals surface area contributed by atoms with Crippen LogP contribution in [0.2, 0.25) is 0 Å². The van der Waals surface area contributed by atoms with Gasteiger partial charge in [0.1, 0.15) is 5.75 Å². The number of benzene rings is 1. The molecule has 1 rings (SSSR count). The number of hydrogen-bond acceptors (Lipinski definition) is 3. The molecule has 2 N–H and O–H groups in total. The van der Waals surface area contributed by atoms with Crippen LogP contribution in [-0.2, 0) is 0 Å². The Kier molecular flexibility index (Phi) is 3.14. The highest BCUT2D eigenvalue weighted by atomic mass is 16.5. The third-order valence-corrected chi connectivity index (χ3v) is 1.96. The zero-order valence-electron chi connectivity index (χ0n) is 8.24. The Morgan fingerprint density at radius 2 is 2.29 bits per heavy atom. The van der Waals surface area contributed by atoms with E-state index in [1.54, 1.807) is 7.11 Å². The molecule has 0 aliphatic heterocycles. The molecule has 0 saturated carbocycles. The van der Waals surface area contributed by atoms with E-state index in [-0.39, 0.29) is 0 Å². The summed E-state index contributed by atoms with van der Waals surface area (Å²) >= 11 is 0. The molecule has 0 bridgehead atoms. The molecule has 1 aromatic carbocycles. The Bertz CT molecular complexity index is 402. The fraction of sp³-hybridized carbons (Fsp3) is 0.182. The second-order valence-corrected chi connectivity index (χ2v) is 2.91. The van der Waals surface area contributed by atoms with Gasteiger partial charge in [-0.3, -0.25) is 0 Å².